The molecule has 18 heavy (non-hydrogen) atoms. The fraction of sp³-hybridized carbons (Fsp3) is 0.500. The van der Waals surface area contributed by atoms with Crippen LogP contribution < -0.4 is 11.1 Å². The summed E-state index contributed by atoms with van der Waals surface area (Å²) in [7, 11) is 0. The number of benzene rings is 1. The van der Waals surface area contributed by atoms with Gasteiger partial charge in [-0.3, -0.25) is 4.79 Å². The lowest BCUT2D eigenvalue weighted by Gasteiger charge is -2.22. The molecule has 0 radical (unpaired) electrons. The largest absolute Gasteiger partial charge is 0.397 e. The molecule has 0 saturated carbocycles. The van der Waals surface area contributed by atoms with Gasteiger partial charge in [-0.2, -0.15) is 0 Å². The highest BCUT2D eigenvalue weighted by Gasteiger charge is 2.15. The Bertz CT molecular complexity index is 401. The number of hydrogen-bond donors (Lipinski definition) is 2. The number of carbonyl (C=O) groups is 1. The maximum Gasteiger partial charge on any atom is 0.224 e. The summed E-state index contributed by atoms with van der Waals surface area (Å²) in [6, 6.07) is 7.29. The Kier molecular flexibility index (Phi) is 4.59. The third-order valence-electron chi connectivity index (χ3n) is 3.20. The van der Waals surface area contributed by atoms with E-state index in [1.54, 1.807) is 6.07 Å². The minimum Gasteiger partial charge on any atom is -0.397 e. The van der Waals surface area contributed by atoms with Gasteiger partial charge in [0.1, 0.15) is 0 Å². The molecule has 1 unspecified atom stereocenters. The van der Waals surface area contributed by atoms with Crippen LogP contribution >= 0.6 is 0 Å². The van der Waals surface area contributed by atoms with Gasteiger partial charge in [0.05, 0.1) is 17.5 Å². The van der Waals surface area contributed by atoms with E-state index in [0.717, 1.165) is 25.9 Å². The summed E-state index contributed by atoms with van der Waals surface area (Å²) >= 11 is 0. The van der Waals surface area contributed by atoms with Crippen LogP contribution in [0.3, 0.4) is 0 Å². The topological polar surface area (TPSA) is 64.3 Å². The van der Waals surface area contributed by atoms with Crippen molar-refractivity contribution in [3.63, 3.8) is 0 Å². The Hall–Kier alpha value is -1.55. The molecule has 1 aromatic rings. The normalized spacial score (nSPS) is 19.4. The Morgan fingerprint density at radius 1 is 1.39 bits per heavy atom. The molecule has 4 nitrogen and oxygen atoms in total. The van der Waals surface area contributed by atoms with Gasteiger partial charge in [0.2, 0.25) is 5.91 Å². The first-order chi connectivity index (χ1) is 8.75. The summed E-state index contributed by atoms with van der Waals surface area (Å²) in [5, 5.41) is 2.83. The summed E-state index contributed by atoms with van der Waals surface area (Å²) in [5.41, 5.74) is 7.05. The molecule has 0 spiro atoms. The highest BCUT2D eigenvalue weighted by Crippen LogP contribution is 2.19. The molecule has 1 amide bonds. The lowest BCUT2D eigenvalue weighted by molar-refractivity contribution is -0.117. The van der Waals surface area contributed by atoms with Crippen molar-refractivity contribution in [1.82, 2.24) is 0 Å². The summed E-state index contributed by atoms with van der Waals surface area (Å²) in [6.07, 6.45) is 4.94. The van der Waals surface area contributed by atoms with Crippen molar-refractivity contribution in [2.75, 3.05) is 17.7 Å². The first-order valence-electron chi connectivity index (χ1n) is 6.51. The highest BCUT2D eigenvalue weighted by atomic mass is 16.5. The third-order valence-corrected chi connectivity index (χ3v) is 3.20. The number of nitrogens with one attached hydrogen (secondary N) is 1. The van der Waals surface area contributed by atoms with E-state index >= 15 is 0 Å². The average Bonchev–Trinajstić information content (AvgIpc) is 2.40. The van der Waals surface area contributed by atoms with Crippen molar-refractivity contribution in [3.8, 4) is 0 Å². The van der Waals surface area contributed by atoms with Gasteiger partial charge < -0.3 is 15.8 Å². The zero-order valence-electron chi connectivity index (χ0n) is 10.5. The van der Waals surface area contributed by atoms with Gasteiger partial charge in [-0.15, -0.1) is 0 Å². The number of ether oxygens (including phenoxy) is 1. The van der Waals surface area contributed by atoms with Gasteiger partial charge in [0.15, 0.2) is 0 Å². The van der Waals surface area contributed by atoms with E-state index in [1.807, 2.05) is 18.2 Å². The summed E-state index contributed by atoms with van der Waals surface area (Å²) in [5.74, 6) is 0.00192. The standard InChI is InChI=1S/C14H20N2O2/c15-12-6-1-2-7-13(12)16-14(17)9-8-11-5-3-4-10-18-11/h1-2,6-7,11H,3-5,8-10,15H2,(H,16,17). The molecule has 1 fully saturated rings. The molecule has 1 heterocycles. The molecule has 1 atom stereocenters. The summed E-state index contributed by atoms with van der Waals surface area (Å²) in [4.78, 5) is 11.8. The molecule has 1 saturated heterocycles. The molecule has 0 bridgehead atoms. The van der Waals surface area contributed by atoms with Crippen molar-refractivity contribution in [2.24, 2.45) is 0 Å². The van der Waals surface area contributed by atoms with E-state index in [9.17, 15) is 4.79 Å². The molecule has 0 aliphatic carbocycles. The van der Waals surface area contributed by atoms with E-state index in [-0.39, 0.29) is 12.0 Å². The van der Waals surface area contributed by atoms with Crippen molar-refractivity contribution >= 4 is 17.3 Å². The fourth-order valence-corrected chi connectivity index (χ4v) is 2.15. The molecule has 1 aliphatic rings. The average molecular weight is 248 g/mol. The first-order valence-corrected chi connectivity index (χ1v) is 6.51. The minimum atomic E-state index is 0.00192. The number of nitrogen functional groups attached to an aromatic ring is 1. The molecule has 3 N–H and O–H groups in total. The Morgan fingerprint density at radius 3 is 2.94 bits per heavy atom. The summed E-state index contributed by atoms with van der Waals surface area (Å²) in [6.45, 7) is 0.831. The molecule has 98 valence electrons. The van der Waals surface area contributed by atoms with Crippen molar-refractivity contribution in [2.45, 2.75) is 38.2 Å². The van der Waals surface area contributed by atoms with Crippen molar-refractivity contribution in [1.29, 1.82) is 0 Å². The van der Waals surface area contributed by atoms with Crippen LogP contribution in [0, 0.1) is 0 Å². The first kappa shape index (κ1) is 12.9. The van der Waals surface area contributed by atoms with Crippen LogP contribution in [0.4, 0.5) is 11.4 Å². The van der Waals surface area contributed by atoms with Crippen LogP contribution in [-0.4, -0.2) is 18.6 Å². The second kappa shape index (κ2) is 6.40. The second-order valence-corrected chi connectivity index (χ2v) is 4.66. The minimum absolute atomic E-state index is 0.00192. The highest BCUT2D eigenvalue weighted by molar-refractivity contribution is 5.93. The fourth-order valence-electron chi connectivity index (χ4n) is 2.15. The van der Waals surface area contributed by atoms with Crippen LogP contribution in [0.5, 0.6) is 0 Å². The van der Waals surface area contributed by atoms with Gasteiger partial charge in [0, 0.05) is 13.0 Å². The van der Waals surface area contributed by atoms with Crippen molar-refractivity contribution < 1.29 is 9.53 Å². The van der Waals surface area contributed by atoms with Gasteiger partial charge in [0.25, 0.3) is 0 Å². The number of para-hydroxylation sites is 2. The smallest absolute Gasteiger partial charge is 0.224 e. The molecule has 1 aromatic carbocycles. The lowest BCUT2D eigenvalue weighted by Crippen LogP contribution is -2.22. The maximum absolute atomic E-state index is 11.8. The second-order valence-electron chi connectivity index (χ2n) is 4.66. The van der Waals surface area contributed by atoms with Crippen LogP contribution in [-0.2, 0) is 9.53 Å². The number of amides is 1. The number of anilines is 2. The number of nitrogens with two attached hydrogens (primary N) is 1. The number of hydrogen-bond acceptors (Lipinski definition) is 3. The Labute approximate surface area is 108 Å². The van der Waals surface area contributed by atoms with Gasteiger partial charge >= 0.3 is 0 Å². The van der Waals surface area contributed by atoms with Gasteiger partial charge in [-0.05, 0) is 37.8 Å². The van der Waals surface area contributed by atoms with Gasteiger partial charge in [-0.1, -0.05) is 12.1 Å². The van der Waals surface area contributed by atoms with Crippen LogP contribution in [0.2, 0.25) is 0 Å². The zero-order chi connectivity index (χ0) is 12.8. The molecule has 4 heteroatoms. The van der Waals surface area contributed by atoms with Crippen LogP contribution in [0.25, 0.3) is 0 Å². The van der Waals surface area contributed by atoms with Crippen LogP contribution in [0.15, 0.2) is 24.3 Å². The summed E-state index contributed by atoms with van der Waals surface area (Å²) < 4.78 is 5.60. The monoisotopic (exact) mass is 248 g/mol. The quantitative estimate of drug-likeness (QED) is 0.805. The number of rotatable bonds is 4. The zero-order valence-corrected chi connectivity index (χ0v) is 10.5. The van der Waals surface area contributed by atoms with Gasteiger partial charge in [-0.25, -0.2) is 0 Å². The van der Waals surface area contributed by atoms with Crippen LogP contribution in [0.1, 0.15) is 32.1 Å². The lowest BCUT2D eigenvalue weighted by atomic mass is 10.0. The van der Waals surface area contributed by atoms with E-state index < -0.39 is 0 Å². The SMILES string of the molecule is Nc1ccccc1NC(=O)CCC1CCCCO1. The van der Waals surface area contributed by atoms with Crippen molar-refractivity contribution in [3.05, 3.63) is 24.3 Å². The predicted octanol–water partition coefficient (Wildman–Crippen LogP) is 2.56. The predicted molar refractivity (Wildman–Crippen MR) is 72.3 cm³/mol. The maximum atomic E-state index is 11.8. The molecular formula is C14H20N2O2. The Balaban J connectivity index is 1.76. The van der Waals surface area contributed by atoms with E-state index in [0.29, 0.717) is 17.8 Å². The van der Waals surface area contributed by atoms with E-state index in [2.05, 4.69) is 5.32 Å². The molecule has 0 aromatic heterocycles. The van der Waals surface area contributed by atoms with E-state index in [1.165, 1.54) is 6.42 Å². The Morgan fingerprint density at radius 2 is 2.22 bits per heavy atom. The molecular weight excluding hydrogens is 228 g/mol. The van der Waals surface area contributed by atoms with E-state index in [4.69, 9.17) is 10.5 Å². The molecule has 2 rings (SSSR count). The number of carbonyl (C=O) groups excluding carboxylic acids is 1. The third kappa shape index (κ3) is 3.74. The molecule has 1 aliphatic heterocycles.